The minimum atomic E-state index is -0.212. The first-order valence-corrected chi connectivity index (χ1v) is 7.58. The maximum atomic E-state index is 12.0. The fourth-order valence-electron chi connectivity index (χ4n) is 1.70. The Bertz CT molecular complexity index is 568. The molecular formula is C14H14ClN3O2S. The number of amides is 1. The van der Waals surface area contributed by atoms with Gasteiger partial charge in [0.15, 0.2) is 5.78 Å². The molecule has 0 saturated carbocycles. The van der Waals surface area contributed by atoms with E-state index in [1.807, 2.05) is 12.1 Å². The van der Waals surface area contributed by atoms with Crippen molar-refractivity contribution in [1.82, 2.24) is 4.90 Å². The largest absolute Gasteiger partial charge is 0.341 e. The monoisotopic (exact) mass is 323 g/mol. The molecule has 0 fully saturated rings. The van der Waals surface area contributed by atoms with Gasteiger partial charge in [0.1, 0.15) is 0 Å². The Balaban J connectivity index is 2.50. The minimum Gasteiger partial charge on any atom is -0.341 e. The van der Waals surface area contributed by atoms with Gasteiger partial charge >= 0.3 is 0 Å². The van der Waals surface area contributed by atoms with Crippen LogP contribution in [0.4, 0.5) is 0 Å². The van der Waals surface area contributed by atoms with Gasteiger partial charge in [-0.3, -0.25) is 9.59 Å². The van der Waals surface area contributed by atoms with Crippen LogP contribution in [0.15, 0.2) is 12.1 Å². The molecule has 7 heteroatoms. The van der Waals surface area contributed by atoms with Crippen LogP contribution >= 0.6 is 22.9 Å². The van der Waals surface area contributed by atoms with E-state index < -0.39 is 0 Å². The van der Waals surface area contributed by atoms with Crippen molar-refractivity contribution in [1.29, 1.82) is 10.5 Å². The van der Waals surface area contributed by atoms with Gasteiger partial charge in [-0.15, -0.1) is 11.3 Å². The number of nitrogens with zero attached hydrogens (tertiary/aromatic N) is 3. The summed E-state index contributed by atoms with van der Waals surface area (Å²) in [4.78, 5) is 25.9. The number of hydrogen-bond donors (Lipinski definition) is 0. The van der Waals surface area contributed by atoms with E-state index >= 15 is 0 Å². The maximum Gasteiger partial charge on any atom is 0.223 e. The number of rotatable bonds is 8. The summed E-state index contributed by atoms with van der Waals surface area (Å²) in [5.41, 5.74) is 0. The molecule has 0 atom stereocenters. The van der Waals surface area contributed by atoms with Crippen LogP contribution in [0.5, 0.6) is 0 Å². The van der Waals surface area contributed by atoms with Gasteiger partial charge < -0.3 is 4.90 Å². The zero-order valence-corrected chi connectivity index (χ0v) is 12.9. The van der Waals surface area contributed by atoms with Gasteiger partial charge in [0, 0.05) is 25.9 Å². The number of thiophene rings is 1. The minimum absolute atomic E-state index is 0.0746. The summed E-state index contributed by atoms with van der Waals surface area (Å²) in [6, 6.07) is 7.22. The molecule has 1 amide bonds. The summed E-state index contributed by atoms with van der Waals surface area (Å²) in [5, 5.41) is 17.1. The van der Waals surface area contributed by atoms with E-state index in [-0.39, 0.29) is 50.5 Å². The summed E-state index contributed by atoms with van der Waals surface area (Å²) < 4.78 is 0.536. The zero-order chi connectivity index (χ0) is 15.7. The van der Waals surface area contributed by atoms with E-state index in [9.17, 15) is 9.59 Å². The Hall–Kier alpha value is -1.89. The van der Waals surface area contributed by atoms with Gasteiger partial charge in [-0.05, 0) is 12.1 Å². The standard InChI is InChI=1S/C14H14ClN3O2S/c15-13-5-4-12(21-13)11(19)3-6-14(20)18(9-1-7-16)10-2-8-17/h4-5H,1-3,6,9-10H2. The van der Waals surface area contributed by atoms with Crippen LogP contribution in [0, 0.1) is 22.7 Å². The third-order valence-corrected chi connectivity index (χ3v) is 4.03. The predicted octanol–water partition coefficient (Wildman–Crippen LogP) is 3.02. The molecule has 0 saturated heterocycles. The quantitative estimate of drug-likeness (QED) is 0.688. The number of carbonyl (C=O) groups excluding carboxylic acids is 2. The molecule has 0 bridgehead atoms. The second-order valence-corrected chi connectivity index (χ2v) is 5.94. The summed E-state index contributed by atoms with van der Waals surface area (Å²) in [5.74, 6) is -0.336. The Morgan fingerprint density at radius 1 is 1.14 bits per heavy atom. The number of nitriles is 2. The fourth-order valence-corrected chi connectivity index (χ4v) is 2.71. The molecule has 0 radical (unpaired) electrons. The summed E-state index contributed by atoms with van der Waals surface area (Å²) in [7, 11) is 0. The van der Waals surface area contributed by atoms with Crippen LogP contribution in [0.2, 0.25) is 4.34 Å². The molecule has 0 aromatic carbocycles. The Kier molecular flexibility index (Phi) is 7.45. The number of hydrogen-bond acceptors (Lipinski definition) is 5. The van der Waals surface area contributed by atoms with Crippen molar-refractivity contribution in [2.45, 2.75) is 25.7 Å². The van der Waals surface area contributed by atoms with Crippen LogP contribution < -0.4 is 0 Å². The van der Waals surface area contributed by atoms with E-state index in [0.717, 1.165) is 0 Å². The molecule has 0 unspecified atom stereocenters. The third-order valence-electron chi connectivity index (χ3n) is 2.75. The van der Waals surface area contributed by atoms with Gasteiger partial charge in [0.05, 0.1) is 34.2 Å². The second-order valence-electron chi connectivity index (χ2n) is 4.22. The molecule has 0 aliphatic rings. The molecule has 0 N–H and O–H groups in total. The van der Waals surface area contributed by atoms with Crippen LogP contribution in [-0.2, 0) is 4.79 Å². The molecule has 1 rings (SSSR count). The molecule has 1 aromatic rings. The van der Waals surface area contributed by atoms with E-state index in [4.69, 9.17) is 22.1 Å². The van der Waals surface area contributed by atoms with Gasteiger partial charge in [-0.2, -0.15) is 10.5 Å². The highest BCUT2D eigenvalue weighted by atomic mass is 35.5. The van der Waals surface area contributed by atoms with Crippen molar-refractivity contribution in [3.63, 3.8) is 0 Å². The average molecular weight is 324 g/mol. The Morgan fingerprint density at radius 3 is 2.24 bits per heavy atom. The molecular weight excluding hydrogens is 310 g/mol. The lowest BCUT2D eigenvalue weighted by atomic mass is 10.1. The topological polar surface area (TPSA) is 85.0 Å². The lowest BCUT2D eigenvalue weighted by Gasteiger charge is -2.20. The smallest absolute Gasteiger partial charge is 0.223 e. The van der Waals surface area contributed by atoms with E-state index in [2.05, 4.69) is 0 Å². The van der Waals surface area contributed by atoms with Gasteiger partial charge in [-0.1, -0.05) is 11.6 Å². The summed E-state index contributed by atoms with van der Waals surface area (Å²) in [6.07, 6.45) is 0.605. The molecule has 21 heavy (non-hydrogen) atoms. The van der Waals surface area contributed by atoms with Crippen molar-refractivity contribution in [3.05, 3.63) is 21.3 Å². The molecule has 0 aliphatic heterocycles. The normalized spacial score (nSPS) is 9.67. The van der Waals surface area contributed by atoms with Crippen molar-refractivity contribution in [2.24, 2.45) is 0 Å². The molecule has 1 heterocycles. The Labute approximate surface area is 132 Å². The number of Topliss-reactive ketones (excluding diaryl/α,β-unsaturated/α-hetero) is 1. The number of ketones is 1. The fraction of sp³-hybridized carbons (Fsp3) is 0.429. The number of halogens is 1. The summed E-state index contributed by atoms with van der Waals surface area (Å²) >= 11 is 6.95. The Morgan fingerprint density at radius 2 is 1.76 bits per heavy atom. The van der Waals surface area contributed by atoms with E-state index in [0.29, 0.717) is 9.21 Å². The van der Waals surface area contributed by atoms with Crippen LogP contribution in [0.25, 0.3) is 0 Å². The number of carbonyl (C=O) groups is 2. The van der Waals surface area contributed by atoms with E-state index in [1.165, 1.54) is 16.2 Å². The first kappa shape index (κ1) is 17.2. The van der Waals surface area contributed by atoms with Gasteiger partial charge in [-0.25, -0.2) is 0 Å². The first-order valence-electron chi connectivity index (χ1n) is 6.38. The second kappa shape index (κ2) is 9.12. The highest BCUT2D eigenvalue weighted by Gasteiger charge is 2.16. The van der Waals surface area contributed by atoms with Crippen LogP contribution in [0.1, 0.15) is 35.4 Å². The van der Waals surface area contributed by atoms with Crippen molar-refractivity contribution in [3.8, 4) is 12.1 Å². The predicted molar refractivity (Wildman–Crippen MR) is 79.9 cm³/mol. The molecule has 0 aliphatic carbocycles. The lowest BCUT2D eigenvalue weighted by Crippen LogP contribution is -2.32. The van der Waals surface area contributed by atoms with Crippen molar-refractivity contribution >= 4 is 34.6 Å². The molecule has 1 aromatic heterocycles. The van der Waals surface area contributed by atoms with Crippen molar-refractivity contribution in [2.75, 3.05) is 13.1 Å². The molecule has 5 nitrogen and oxygen atoms in total. The average Bonchev–Trinajstić information content (AvgIpc) is 2.91. The van der Waals surface area contributed by atoms with Crippen LogP contribution in [0.3, 0.4) is 0 Å². The van der Waals surface area contributed by atoms with Crippen LogP contribution in [-0.4, -0.2) is 29.7 Å². The molecule has 110 valence electrons. The zero-order valence-electron chi connectivity index (χ0n) is 11.3. The highest BCUT2D eigenvalue weighted by Crippen LogP contribution is 2.23. The lowest BCUT2D eigenvalue weighted by molar-refractivity contribution is -0.131. The van der Waals surface area contributed by atoms with Gasteiger partial charge in [0.25, 0.3) is 0 Å². The molecule has 0 spiro atoms. The summed E-state index contributed by atoms with van der Waals surface area (Å²) in [6.45, 7) is 0.575. The third kappa shape index (κ3) is 5.95. The first-order chi connectivity index (χ1) is 10.1. The van der Waals surface area contributed by atoms with Gasteiger partial charge in [0.2, 0.25) is 5.91 Å². The van der Waals surface area contributed by atoms with Crippen molar-refractivity contribution < 1.29 is 9.59 Å². The highest BCUT2D eigenvalue weighted by molar-refractivity contribution is 7.18. The van der Waals surface area contributed by atoms with E-state index in [1.54, 1.807) is 12.1 Å². The maximum absolute atomic E-state index is 12.0. The SMILES string of the molecule is N#CCCN(CCC#N)C(=O)CCC(=O)c1ccc(Cl)s1.